The molecule has 2 aromatic carbocycles. The number of amides is 1. The van der Waals surface area contributed by atoms with E-state index in [1.165, 1.54) is 11.9 Å². The van der Waals surface area contributed by atoms with E-state index in [4.69, 9.17) is 0 Å². The van der Waals surface area contributed by atoms with Crippen molar-refractivity contribution in [2.24, 2.45) is 5.92 Å². The van der Waals surface area contributed by atoms with Crippen LogP contribution in [0.1, 0.15) is 29.5 Å². The second-order valence-corrected chi connectivity index (χ2v) is 6.45. The second kappa shape index (κ2) is 6.89. The zero-order valence-corrected chi connectivity index (χ0v) is 13.8. The van der Waals surface area contributed by atoms with Crippen LogP contribution in [0.15, 0.2) is 73.3 Å². The first-order valence-electron chi connectivity index (χ1n) is 8.54. The van der Waals surface area contributed by atoms with Crippen LogP contribution in [0.3, 0.4) is 0 Å². The molecule has 5 heteroatoms. The highest BCUT2D eigenvalue weighted by atomic mass is 16.2. The molecule has 0 bridgehead atoms. The van der Waals surface area contributed by atoms with E-state index >= 15 is 0 Å². The van der Waals surface area contributed by atoms with Crippen LogP contribution >= 0.6 is 0 Å². The molecule has 3 aromatic rings. The summed E-state index contributed by atoms with van der Waals surface area (Å²) in [6, 6.07) is 20.2. The second-order valence-electron chi connectivity index (χ2n) is 6.45. The Balaban J connectivity index is 1.46. The fourth-order valence-electron chi connectivity index (χ4n) is 3.27. The summed E-state index contributed by atoms with van der Waals surface area (Å²) in [5.41, 5.74) is 2.32. The molecule has 1 saturated carbocycles. The molecule has 0 saturated heterocycles. The Labute approximate surface area is 146 Å². The van der Waals surface area contributed by atoms with Crippen LogP contribution in [0.25, 0.3) is 0 Å². The van der Waals surface area contributed by atoms with Crippen LogP contribution in [0.4, 0.5) is 0 Å². The summed E-state index contributed by atoms with van der Waals surface area (Å²) >= 11 is 0. The van der Waals surface area contributed by atoms with Gasteiger partial charge in [-0.2, -0.15) is 5.10 Å². The predicted octanol–water partition coefficient (Wildman–Crippen LogP) is 2.94. The maximum absolute atomic E-state index is 12.7. The first-order valence-corrected chi connectivity index (χ1v) is 8.54. The Morgan fingerprint density at radius 2 is 1.84 bits per heavy atom. The lowest BCUT2D eigenvalue weighted by atomic mass is 10.1. The largest absolute Gasteiger partial charge is 0.347 e. The minimum atomic E-state index is -0.118. The molecule has 4 rings (SSSR count). The highest BCUT2D eigenvalue weighted by Crippen LogP contribution is 2.47. The minimum absolute atomic E-state index is 0.0596. The van der Waals surface area contributed by atoms with E-state index in [0.29, 0.717) is 12.5 Å². The molecule has 3 atom stereocenters. The summed E-state index contributed by atoms with van der Waals surface area (Å²) in [7, 11) is 0. The number of nitrogens with zero attached hydrogens (tertiary/aromatic N) is 3. The smallest absolute Gasteiger partial charge is 0.224 e. The third kappa shape index (κ3) is 3.60. The van der Waals surface area contributed by atoms with E-state index in [2.05, 4.69) is 27.5 Å². The van der Waals surface area contributed by atoms with Crippen LogP contribution in [-0.2, 0) is 11.3 Å². The van der Waals surface area contributed by atoms with Crippen molar-refractivity contribution in [2.45, 2.75) is 24.9 Å². The van der Waals surface area contributed by atoms with Crippen molar-refractivity contribution < 1.29 is 4.79 Å². The molecule has 0 radical (unpaired) electrons. The van der Waals surface area contributed by atoms with Crippen molar-refractivity contribution in [1.82, 2.24) is 20.1 Å². The molecule has 126 valence electrons. The van der Waals surface area contributed by atoms with Crippen LogP contribution in [0.2, 0.25) is 0 Å². The summed E-state index contributed by atoms with van der Waals surface area (Å²) in [5.74, 6) is 0.510. The monoisotopic (exact) mass is 332 g/mol. The zero-order valence-electron chi connectivity index (χ0n) is 13.8. The zero-order chi connectivity index (χ0) is 17.1. The average molecular weight is 332 g/mol. The van der Waals surface area contributed by atoms with E-state index < -0.39 is 0 Å². The summed E-state index contributed by atoms with van der Waals surface area (Å²) in [5, 5.41) is 7.37. The molecular formula is C20H20N4O. The van der Waals surface area contributed by atoms with Crippen molar-refractivity contribution in [1.29, 1.82) is 0 Å². The number of rotatable bonds is 6. The molecule has 25 heavy (non-hydrogen) atoms. The third-order valence-corrected chi connectivity index (χ3v) is 4.71. The molecule has 0 aliphatic heterocycles. The van der Waals surface area contributed by atoms with E-state index in [-0.39, 0.29) is 17.9 Å². The molecule has 1 fully saturated rings. The standard InChI is InChI=1S/C20H20N4O/c25-20(18-11-17(18)15-7-3-1-4-8-15)23-19(12-24-14-21-13-22-24)16-9-5-2-6-10-16/h1-10,13-14,17-19H,11-12H2,(H,23,25)/t17-,18-,19-/m0/s1. The highest BCUT2D eigenvalue weighted by molar-refractivity contribution is 5.83. The van der Waals surface area contributed by atoms with Gasteiger partial charge < -0.3 is 5.32 Å². The predicted molar refractivity (Wildman–Crippen MR) is 94.6 cm³/mol. The fraction of sp³-hybridized carbons (Fsp3) is 0.250. The Morgan fingerprint density at radius 3 is 2.52 bits per heavy atom. The third-order valence-electron chi connectivity index (χ3n) is 4.71. The van der Waals surface area contributed by atoms with Gasteiger partial charge in [0.05, 0.1) is 12.6 Å². The lowest BCUT2D eigenvalue weighted by Gasteiger charge is -2.19. The van der Waals surface area contributed by atoms with Crippen molar-refractivity contribution in [3.8, 4) is 0 Å². The molecule has 1 heterocycles. The van der Waals surface area contributed by atoms with Gasteiger partial charge in [0.1, 0.15) is 12.7 Å². The Morgan fingerprint density at radius 1 is 1.12 bits per heavy atom. The first-order chi connectivity index (χ1) is 12.3. The van der Waals surface area contributed by atoms with Gasteiger partial charge in [0.25, 0.3) is 0 Å². The summed E-state index contributed by atoms with van der Waals surface area (Å²) in [4.78, 5) is 16.7. The molecule has 1 N–H and O–H groups in total. The number of aromatic nitrogens is 3. The average Bonchev–Trinajstić information content (AvgIpc) is 3.31. The number of carbonyl (C=O) groups is 1. The van der Waals surface area contributed by atoms with Gasteiger partial charge in [-0.15, -0.1) is 0 Å². The van der Waals surface area contributed by atoms with Gasteiger partial charge in [0.2, 0.25) is 5.91 Å². The van der Waals surface area contributed by atoms with Gasteiger partial charge in [-0.25, -0.2) is 4.98 Å². The minimum Gasteiger partial charge on any atom is -0.347 e. The SMILES string of the molecule is O=C(N[C@@H](Cn1cncn1)c1ccccc1)[C@H]1C[C@H]1c1ccccc1. The van der Waals surface area contributed by atoms with Gasteiger partial charge in [0, 0.05) is 5.92 Å². The van der Waals surface area contributed by atoms with Crippen molar-refractivity contribution in [2.75, 3.05) is 0 Å². The Hall–Kier alpha value is -2.95. The van der Waals surface area contributed by atoms with Crippen LogP contribution in [0, 0.1) is 5.92 Å². The number of hydrogen-bond donors (Lipinski definition) is 1. The normalized spacial score (nSPS) is 20.0. The van der Waals surface area contributed by atoms with E-state index in [1.807, 2.05) is 48.5 Å². The lowest BCUT2D eigenvalue weighted by molar-refractivity contribution is -0.123. The van der Waals surface area contributed by atoms with Crippen molar-refractivity contribution >= 4 is 5.91 Å². The molecule has 5 nitrogen and oxygen atoms in total. The van der Waals surface area contributed by atoms with Crippen molar-refractivity contribution in [3.63, 3.8) is 0 Å². The molecule has 1 amide bonds. The van der Waals surface area contributed by atoms with Gasteiger partial charge in [-0.1, -0.05) is 60.7 Å². The van der Waals surface area contributed by atoms with Gasteiger partial charge in [-0.05, 0) is 23.5 Å². The fourth-order valence-corrected chi connectivity index (χ4v) is 3.27. The van der Waals surface area contributed by atoms with E-state index in [9.17, 15) is 4.79 Å². The maximum Gasteiger partial charge on any atom is 0.224 e. The Bertz CT molecular complexity index is 817. The lowest BCUT2D eigenvalue weighted by Crippen LogP contribution is -2.33. The molecule has 1 aliphatic rings. The van der Waals surface area contributed by atoms with Crippen LogP contribution < -0.4 is 5.32 Å². The molecule has 0 unspecified atom stereocenters. The Kier molecular flexibility index (Phi) is 4.29. The summed E-state index contributed by atoms with van der Waals surface area (Å²) in [6.07, 6.45) is 4.10. The van der Waals surface area contributed by atoms with Gasteiger partial charge in [-0.3, -0.25) is 9.48 Å². The molecule has 0 spiro atoms. The van der Waals surface area contributed by atoms with E-state index in [1.54, 1.807) is 11.0 Å². The summed E-state index contributed by atoms with van der Waals surface area (Å²) < 4.78 is 1.75. The van der Waals surface area contributed by atoms with Gasteiger partial charge in [0.15, 0.2) is 0 Å². The van der Waals surface area contributed by atoms with Crippen LogP contribution in [-0.4, -0.2) is 20.7 Å². The molecular weight excluding hydrogens is 312 g/mol. The first kappa shape index (κ1) is 15.6. The quantitative estimate of drug-likeness (QED) is 0.755. The molecule has 1 aromatic heterocycles. The van der Waals surface area contributed by atoms with Crippen LogP contribution in [0.5, 0.6) is 0 Å². The van der Waals surface area contributed by atoms with Gasteiger partial charge >= 0.3 is 0 Å². The summed E-state index contributed by atoms with van der Waals surface area (Å²) in [6.45, 7) is 0.568. The molecule has 1 aliphatic carbocycles. The maximum atomic E-state index is 12.7. The van der Waals surface area contributed by atoms with E-state index in [0.717, 1.165) is 12.0 Å². The van der Waals surface area contributed by atoms with Crippen molar-refractivity contribution in [3.05, 3.63) is 84.4 Å². The number of hydrogen-bond acceptors (Lipinski definition) is 3. The number of carbonyl (C=O) groups excluding carboxylic acids is 1. The number of nitrogens with one attached hydrogen (secondary N) is 1. The number of benzene rings is 2. The topological polar surface area (TPSA) is 59.8 Å². The highest BCUT2D eigenvalue weighted by Gasteiger charge is 2.44.